The lowest BCUT2D eigenvalue weighted by atomic mass is 10.1. The van der Waals surface area contributed by atoms with Gasteiger partial charge in [-0.15, -0.1) is 0 Å². The lowest BCUT2D eigenvalue weighted by Gasteiger charge is -2.19. The van der Waals surface area contributed by atoms with Gasteiger partial charge < -0.3 is 9.64 Å². The van der Waals surface area contributed by atoms with Gasteiger partial charge in [-0.1, -0.05) is 13.8 Å². The van der Waals surface area contributed by atoms with Crippen LogP contribution in [-0.2, 0) is 0 Å². The largest absolute Gasteiger partial charge is 0.481 e. The second-order valence-electron chi connectivity index (χ2n) is 4.18. The van der Waals surface area contributed by atoms with Crippen molar-refractivity contribution < 1.29 is 4.74 Å². The van der Waals surface area contributed by atoms with Crippen LogP contribution in [0.5, 0.6) is 5.88 Å². The first-order valence-corrected chi connectivity index (χ1v) is 6.60. The Morgan fingerprint density at radius 2 is 2.16 bits per heavy atom. The number of hydrogen-bond donors (Lipinski definition) is 1. The molecule has 0 aliphatic heterocycles. The molecule has 0 amide bonds. The number of methoxy groups -OCH3 is 1. The van der Waals surface area contributed by atoms with E-state index in [1.165, 1.54) is 0 Å². The van der Waals surface area contributed by atoms with E-state index >= 15 is 0 Å². The highest BCUT2D eigenvalue weighted by Crippen LogP contribution is 2.13. The molecule has 0 aromatic carbocycles. The minimum Gasteiger partial charge on any atom is -0.481 e. The van der Waals surface area contributed by atoms with Gasteiger partial charge in [0.15, 0.2) is 0 Å². The summed E-state index contributed by atoms with van der Waals surface area (Å²) in [6.45, 7) is 8.05. The Bertz CT molecular complexity index is 395. The minimum absolute atomic E-state index is 0.325. The van der Waals surface area contributed by atoms with Gasteiger partial charge in [-0.2, -0.15) is 5.26 Å². The van der Waals surface area contributed by atoms with Crippen molar-refractivity contribution in [2.45, 2.75) is 19.9 Å². The van der Waals surface area contributed by atoms with Crippen LogP contribution in [0.25, 0.3) is 0 Å². The standard InChI is InChI=1S/C14H22N4O/c1-4-18(5-2)9-8-16-13(10-15)12-6-7-14(19-3)17-11-12/h6-7,11,13,16H,4-5,8-9H2,1-3H3. The van der Waals surface area contributed by atoms with Crippen molar-refractivity contribution in [3.8, 4) is 11.9 Å². The SMILES string of the molecule is CCN(CC)CCNC(C#N)c1ccc(OC)nc1. The van der Waals surface area contributed by atoms with Crippen LogP contribution in [0.1, 0.15) is 25.5 Å². The van der Waals surface area contributed by atoms with E-state index in [1.807, 2.05) is 6.07 Å². The van der Waals surface area contributed by atoms with E-state index in [1.54, 1.807) is 19.4 Å². The Labute approximate surface area is 115 Å². The number of aromatic nitrogens is 1. The number of nitrogens with one attached hydrogen (secondary N) is 1. The number of nitriles is 1. The second kappa shape index (κ2) is 8.46. The van der Waals surface area contributed by atoms with E-state index in [0.717, 1.165) is 31.7 Å². The Morgan fingerprint density at radius 3 is 2.63 bits per heavy atom. The number of hydrogen-bond acceptors (Lipinski definition) is 5. The first-order chi connectivity index (χ1) is 9.24. The summed E-state index contributed by atoms with van der Waals surface area (Å²) >= 11 is 0. The van der Waals surface area contributed by atoms with Crippen molar-refractivity contribution in [2.75, 3.05) is 33.3 Å². The lowest BCUT2D eigenvalue weighted by molar-refractivity contribution is 0.300. The molecule has 0 saturated heterocycles. The Kier molecular flexibility index (Phi) is 6.86. The van der Waals surface area contributed by atoms with Crippen molar-refractivity contribution >= 4 is 0 Å². The fourth-order valence-corrected chi connectivity index (χ4v) is 1.83. The number of pyridine rings is 1. The van der Waals surface area contributed by atoms with Gasteiger partial charge in [-0.05, 0) is 19.2 Å². The third kappa shape index (κ3) is 4.86. The monoisotopic (exact) mass is 262 g/mol. The van der Waals surface area contributed by atoms with Gasteiger partial charge in [0.05, 0.1) is 13.2 Å². The van der Waals surface area contributed by atoms with Crippen LogP contribution in [-0.4, -0.2) is 43.2 Å². The van der Waals surface area contributed by atoms with Gasteiger partial charge in [0.1, 0.15) is 6.04 Å². The maximum Gasteiger partial charge on any atom is 0.212 e. The molecule has 5 nitrogen and oxygen atoms in total. The topological polar surface area (TPSA) is 61.2 Å². The molecule has 5 heteroatoms. The smallest absolute Gasteiger partial charge is 0.212 e. The van der Waals surface area contributed by atoms with Crippen molar-refractivity contribution in [3.63, 3.8) is 0 Å². The Balaban J connectivity index is 2.51. The highest BCUT2D eigenvalue weighted by Gasteiger charge is 2.10. The lowest BCUT2D eigenvalue weighted by Crippen LogP contribution is -2.33. The highest BCUT2D eigenvalue weighted by atomic mass is 16.5. The van der Waals surface area contributed by atoms with Crippen molar-refractivity contribution in [1.29, 1.82) is 5.26 Å². The van der Waals surface area contributed by atoms with Crippen molar-refractivity contribution in [2.24, 2.45) is 0 Å². The van der Waals surface area contributed by atoms with Gasteiger partial charge in [0, 0.05) is 30.9 Å². The van der Waals surface area contributed by atoms with E-state index in [2.05, 4.69) is 35.1 Å². The van der Waals surface area contributed by atoms with E-state index < -0.39 is 0 Å². The van der Waals surface area contributed by atoms with Gasteiger partial charge >= 0.3 is 0 Å². The molecule has 1 N–H and O–H groups in total. The number of nitrogens with zero attached hydrogens (tertiary/aromatic N) is 3. The third-order valence-corrected chi connectivity index (χ3v) is 3.10. The second-order valence-corrected chi connectivity index (χ2v) is 4.18. The summed E-state index contributed by atoms with van der Waals surface area (Å²) in [4.78, 5) is 6.43. The van der Waals surface area contributed by atoms with Crippen LogP contribution in [0.2, 0.25) is 0 Å². The summed E-state index contributed by atoms with van der Waals surface area (Å²) < 4.78 is 5.00. The molecule has 1 unspecified atom stereocenters. The van der Waals surface area contributed by atoms with Gasteiger partial charge in [-0.25, -0.2) is 4.98 Å². The zero-order valence-electron chi connectivity index (χ0n) is 11.9. The molecule has 0 radical (unpaired) electrons. The zero-order chi connectivity index (χ0) is 14.1. The molecule has 1 aromatic rings. The predicted octanol–water partition coefficient (Wildman–Crippen LogP) is 1.59. The summed E-state index contributed by atoms with van der Waals surface area (Å²) in [7, 11) is 1.58. The fourth-order valence-electron chi connectivity index (χ4n) is 1.83. The third-order valence-electron chi connectivity index (χ3n) is 3.10. The van der Waals surface area contributed by atoms with Crippen LogP contribution < -0.4 is 10.1 Å². The molecule has 1 rings (SSSR count). The molecule has 0 aliphatic carbocycles. The molecule has 19 heavy (non-hydrogen) atoms. The fraction of sp³-hybridized carbons (Fsp3) is 0.571. The number of ether oxygens (including phenoxy) is 1. The molecule has 0 spiro atoms. The summed E-state index contributed by atoms with van der Waals surface area (Å²) in [6.07, 6.45) is 1.68. The van der Waals surface area contributed by atoms with E-state index in [9.17, 15) is 5.26 Å². The van der Waals surface area contributed by atoms with Gasteiger partial charge in [-0.3, -0.25) is 5.32 Å². The summed E-state index contributed by atoms with van der Waals surface area (Å²) in [5, 5.41) is 12.4. The maximum atomic E-state index is 9.20. The molecule has 1 atom stereocenters. The molecule has 0 bridgehead atoms. The van der Waals surface area contributed by atoms with Crippen molar-refractivity contribution in [3.05, 3.63) is 23.9 Å². The average Bonchev–Trinajstić information content (AvgIpc) is 2.48. The Morgan fingerprint density at radius 1 is 1.42 bits per heavy atom. The molecule has 104 valence electrons. The van der Waals surface area contributed by atoms with Crippen LogP contribution in [0.15, 0.2) is 18.3 Å². The molecule has 0 fully saturated rings. The highest BCUT2D eigenvalue weighted by molar-refractivity contribution is 5.24. The summed E-state index contributed by atoms with van der Waals surface area (Å²) in [5.74, 6) is 0.559. The molecule has 0 aliphatic rings. The molecule has 1 aromatic heterocycles. The van der Waals surface area contributed by atoms with Crippen molar-refractivity contribution in [1.82, 2.24) is 15.2 Å². The van der Waals surface area contributed by atoms with Gasteiger partial charge in [0.25, 0.3) is 0 Å². The van der Waals surface area contributed by atoms with Gasteiger partial charge in [0.2, 0.25) is 5.88 Å². The van der Waals surface area contributed by atoms with Crippen LogP contribution in [0, 0.1) is 11.3 Å². The van der Waals surface area contributed by atoms with E-state index in [0.29, 0.717) is 5.88 Å². The predicted molar refractivity (Wildman–Crippen MR) is 74.9 cm³/mol. The maximum absolute atomic E-state index is 9.20. The average molecular weight is 262 g/mol. The van der Waals surface area contributed by atoms with E-state index in [-0.39, 0.29) is 6.04 Å². The van der Waals surface area contributed by atoms with E-state index in [4.69, 9.17) is 4.74 Å². The number of rotatable bonds is 8. The molecule has 1 heterocycles. The Hall–Kier alpha value is -1.64. The molecular formula is C14H22N4O. The summed E-state index contributed by atoms with van der Waals surface area (Å²) in [6, 6.07) is 5.56. The normalized spacial score (nSPS) is 12.2. The first kappa shape index (κ1) is 15.4. The molecule has 0 saturated carbocycles. The first-order valence-electron chi connectivity index (χ1n) is 6.60. The minimum atomic E-state index is -0.325. The number of likely N-dealkylation sites (N-methyl/N-ethyl adjacent to an activating group) is 1. The van der Waals surface area contributed by atoms with Crippen LogP contribution in [0.4, 0.5) is 0 Å². The quantitative estimate of drug-likeness (QED) is 0.771. The van der Waals surface area contributed by atoms with Crippen LogP contribution >= 0.6 is 0 Å². The zero-order valence-corrected chi connectivity index (χ0v) is 11.9. The molecular weight excluding hydrogens is 240 g/mol. The summed E-state index contributed by atoms with van der Waals surface area (Å²) in [5.41, 5.74) is 0.864. The van der Waals surface area contributed by atoms with Crippen LogP contribution in [0.3, 0.4) is 0 Å².